The monoisotopic (exact) mass is 332 g/mol. The average Bonchev–Trinajstić information content (AvgIpc) is 2.53. The van der Waals surface area contributed by atoms with E-state index in [4.69, 9.17) is 0 Å². The van der Waals surface area contributed by atoms with Gasteiger partial charge < -0.3 is 10.6 Å². The Bertz CT molecular complexity index is 681. The largest absolute Gasteiger partial charge is 0.359 e. The van der Waals surface area contributed by atoms with Crippen molar-refractivity contribution in [3.8, 4) is 0 Å². The maximum atomic E-state index is 12.3. The quantitative estimate of drug-likeness (QED) is 0.491. The van der Waals surface area contributed by atoms with Crippen LogP contribution >= 0.6 is 0 Å². The fraction of sp³-hybridized carbons (Fsp3) is 0.267. The highest BCUT2D eigenvalue weighted by Crippen LogP contribution is 2.17. The van der Waals surface area contributed by atoms with Gasteiger partial charge in [0, 0.05) is 13.5 Å². The van der Waals surface area contributed by atoms with Gasteiger partial charge in [-0.15, -0.1) is 0 Å². The molecule has 126 valence electrons. The minimum Gasteiger partial charge on any atom is -0.359 e. The lowest BCUT2D eigenvalue weighted by Gasteiger charge is -2.34. The summed E-state index contributed by atoms with van der Waals surface area (Å²) < 4.78 is 0. The molecular formula is C15H16N4O5. The average molecular weight is 332 g/mol. The second-order valence-electron chi connectivity index (χ2n) is 5.20. The molecule has 0 saturated carbocycles. The Hall–Kier alpha value is -3.23. The first-order chi connectivity index (χ1) is 11.4. The van der Waals surface area contributed by atoms with Crippen molar-refractivity contribution < 1.29 is 24.0 Å². The third-order valence-electron chi connectivity index (χ3n) is 3.49. The number of nitrogens with one attached hydrogen (secondary N) is 4. The third kappa shape index (κ3) is 3.57. The fourth-order valence-electron chi connectivity index (χ4n) is 2.29. The number of benzene rings is 1. The molecule has 0 atom stereocenters. The van der Waals surface area contributed by atoms with Crippen molar-refractivity contribution in [1.82, 2.24) is 21.3 Å². The van der Waals surface area contributed by atoms with Crippen LogP contribution in [0.15, 0.2) is 30.3 Å². The number of imide groups is 2. The van der Waals surface area contributed by atoms with E-state index in [-0.39, 0.29) is 6.42 Å². The normalized spacial score (nSPS) is 16.0. The lowest BCUT2D eigenvalue weighted by Crippen LogP contribution is -2.74. The van der Waals surface area contributed by atoms with Crippen molar-refractivity contribution in [2.75, 3.05) is 7.05 Å². The van der Waals surface area contributed by atoms with Crippen LogP contribution in [-0.4, -0.2) is 42.2 Å². The zero-order valence-electron chi connectivity index (χ0n) is 12.8. The van der Waals surface area contributed by atoms with E-state index in [1.807, 2.05) is 10.6 Å². The number of carbonyl (C=O) groups excluding carboxylic acids is 5. The van der Waals surface area contributed by atoms with Crippen LogP contribution in [0.25, 0.3) is 0 Å². The van der Waals surface area contributed by atoms with Crippen LogP contribution in [0.2, 0.25) is 0 Å². The fourth-order valence-corrected chi connectivity index (χ4v) is 2.29. The molecule has 6 amide bonds. The van der Waals surface area contributed by atoms with Gasteiger partial charge in [0.25, 0.3) is 11.8 Å². The van der Waals surface area contributed by atoms with Gasteiger partial charge in [0.2, 0.25) is 17.4 Å². The molecule has 9 nitrogen and oxygen atoms in total. The molecule has 0 radical (unpaired) electrons. The SMILES string of the molecule is CNC(=O)CC(=O)NC1(Cc2ccccc2)C(=O)NC(=O)NC1=O. The van der Waals surface area contributed by atoms with Gasteiger partial charge in [-0.3, -0.25) is 29.8 Å². The summed E-state index contributed by atoms with van der Waals surface area (Å²) in [6, 6.07) is 7.55. The molecule has 1 aromatic carbocycles. The van der Waals surface area contributed by atoms with Crippen LogP contribution in [0.3, 0.4) is 0 Å². The topological polar surface area (TPSA) is 133 Å². The zero-order chi connectivity index (χ0) is 17.7. The van der Waals surface area contributed by atoms with E-state index in [1.165, 1.54) is 7.05 Å². The van der Waals surface area contributed by atoms with Crippen molar-refractivity contribution in [1.29, 1.82) is 0 Å². The molecular weight excluding hydrogens is 316 g/mol. The highest BCUT2D eigenvalue weighted by Gasteiger charge is 2.51. The van der Waals surface area contributed by atoms with E-state index >= 15 is 0 Å². The molecule has 1 fully saturated rings. The molecule has 0 unspecified atom stereocenters. The van der Waals surface area contributed by atoms with Gasteiger partial charge in [-0.1, -0.05) is 30.3 Å². The van der Waals surface area contributed by atoms with Crippen molar-refractivity contribution in [2.45, 2.75) is 18.4 Å². The molecule has 0 aromatic heterocycles. The number of carbonyl (C=O) groups is 5. The zero-order valence-corrected chi connectivity index (χ0v) is 12.8. The summed E-state index contributed by atoms with van der Waals surface area (Å²) in [7, 11) is 1.36. The Morgan fingerprint density at radius 3 is 2.12 bits per heavy atom. The summed E-state index contributed by atoms with van der Waals surface area (Å²) in [5, 5.41) is 8.50. The maximum absolute atomic E-state index is 12.3. The Balaban J connectivity index is 2.32. The van der Waals surface area contributed by atoms with Crippen LogP contribution in [-0.2, 0) is 25.6 Å². The predicted octanol–water partition coefficient (Wildman–Crippen LogP) is -1.41. The lowest BCUT2D eigenvalue weighted by molar-refractivity contribution is -0.145. The Labute approximate surface area is 137 Å². The molecule has 4 N–H and O–H groups in total. The minimum absolute atomic E-state index is 0.168. The number of urea groups is 1. The molecule has 1 aromatic rings. The molecule has 0 spiro atoms. The molecule has 1 saturated heterocycles. The summed E-state index contributed by atoms with van der Waals surface area (Å²) in [6.45, 7) is 0. The van der Waals surface area contributed by atoms with Gasteiger partial charge in [-0.25, -0.2) is 4.79 Å². The first kappa shape index (κ1) is 17.1. The molecule has 1 aliphatic rings. The molecule has 1 aliphatic heterocycles. The maximum Gasteiger partial charge on any atom is 0.328 e. The van der Waals surface area contributed by atoms with Crippen LogP contribution in [0.1, 0.15) is 12.0 Å². The number of hydrogen-bond acceptors (Lipinski definition) is 5. The van der Waals surface area contributed by atoms with Crippen molar-refractivity contribution in [2.24, 2.45) is 0 Å². The molecule has 1 heterocycles. The van der Waals surface area contributed by atoms with Crippen LogP contribution in [0, 0.1) is 0 Å². The Morgan fingerprint density at radius 1 is 1.00 bits per heavy atom. The predicted molar refractivity (Wildman–Crippen MR) is 81.4 cm³/mol. The standard InChI is InChI=1S/C15H16N4O5/c1-16-10(20)7-11(21)19-15(8-9-5-3-2-4-6-9)12(22)17-14(24)18-13(15)23/h2-6H,7-8H2,1H3,(H,16,20)(H,19,21)(H2,17,18,22,23,24). The van der Waals surface area contributed by atoms with Crippen molar-refractivity contribution >= 4 is 29.7 Å². The van der Waals surface area contributed by atoms with E-state index < -0.39 is 41.6 Å². The highest BCUT2D eigenvalue weighted by molar-refractivity contribution is 6.24. The smallest absolute Gasteiger partial charge is 0.328 e. The first-order valence-electron chi connectivity index (χ1n) is 7.10. The molecule has 24 heavy (non-hydrogen) atoms. The summed E-state index contributed by atoms with van der Waals surface area (Å²) in [5.41, 5.74) is -1.42. The van der Waals surface area contributed by atoms with Crippen LogP contribution < -0.4 is 21.3 Å². The van der Waals surface area contributed by atoms with Gasteiger partial charge in [0.1, 0.15) is 6.42 Å². The van der Waals surface area contributed by atoms with Gasteiger partial charge in [0.15, 0.2) is 0 Å². The summed E-state index contributed by atoms with van der Waals surface area (Å²) in [5.74, 6) is -3.30. The molecule has 9 heteroatoms. The highest BCUT2D eigenvalue weighted by atomic mass is 16.2. The number of rotatable bonds is 5. The van der Waals surface area contributed by atoms with E-state index in [9.17, 15) is 24.0 Å². The summed E-state index contributed by atoms with van der Waals surface area (Å²) >= 11 is 0. The number of barbiturate groups is 1. The van der Waals surface area contributed by atoms with Crippen LogP contribution in [0.4, 0.5) is 4.79 Å². The third-order valence-corrected chi connectivity index (χ3v) is 3.49. The Kier molecular flexibility index (Phi) is 4.93. The Morgan fingerprint density at radius 2 is 1.58 bits per heavy atom. The molecule has 2 rings (SSSR count). The van der Waals surface area contributed by atoms with Gasteiger partial charge in [-0.2, -0.15) is 0 Å². The van der Waals surface area contributed by atoms with E-state index in [0.29, 0.717) is 5.56 Å². The van der Waals surface area contributed by atoms with Gasteiger partial charge in [0.05, 0.1) is 0 Å². The molecule has 0 aliphatic carbocycles. The summed E-state index contributed by atoms with van der Waals surface area (Å²) in [4.78, 5) is 59.3. The van der Waals surface area contributed by atoms with Gasteiger partial charge >= 0.3 is 6.03 Å². The van der Waals surface area contributed by atoms with Crippen molar-refractivity contribution in [3.05, 3.63) is 35.9 Å². The van der Waals surface area contributed by atoms with Gasteiger partial charge in [-0.05, 0) is 5.56 Å². The number of amides is 6. The lowest BCUT2D eigenvalue weighted by atomic mass is 9.87. The van der Waals surface area contributed by atoms with E-state index in [1.54, 1.807) is 30.3 Å². The second kappa shape index (κ2) is 6.90. The van der Waals surface area contributed by atoms with E-state index in [0.717, 1.165) is 0 Å². The first-order valence-corrected chi connectivity index (χ1v) is 7.10. The second-order valence-corrected chi connectivity index (χ2v) is 5.20. The minimum atomic E-state index is -2.01. The van der Waals surface area contributed by atoms with Crippen molar-refractivity contribution in [3.63, 3.8) is 0 Å². The van der Waals surface area contributed by atoms with E-state index in [2.05, 4.69) is 10.6 Å². The molecule has 0 bridgehead atoms. The number of hydrogen-bond donors (Lipinski definition) is 4. The summed E-state index contributed by atoms with van der Waals surface area (Å²) in [6.07, 6.45) is -0.722. The van der Waals surface area contributed by atoms with Crippen LogP contribution in [0.5, 0.6) is 0 Å².